The number of ether oxygens (including phenoxy) is 6. The van der Waals surface area contributed by atoms with Gasteiger partial charge in [0.2, 0.25) is 11.7 Å². The first-order valence-electron chi connectivity index (χ1n) is 16.2. The molecule has 5 rings (SSSR count). The van der Waals surface area contributed by atoms with Crippen LogP contribution in [-0.4, -0.2) is 101 Å². The topological polar surface area (TPSA) is 120 Å². The first-order valence-corrected chi connectivity index (χ1v) is 16.2. The standard InChI is InChI=1S/C36H43FN6O7/c1-41-17-19-42(20-18-41)16-7-21-49-30-12-10-26(23-28(30)37)39-35-38-15-14-33(40-35)43(24-25-22-27(45-2)11-13-29(25)46-3)36(44)50-34-31(47-4)8-6-9-32(34)48-5/h6,8-15,22-23H,7,16-21,24H2,1-5H3,(H,38,39,40). The highest BCUT2D eigenvalue weighted by Crippen LogP contribution is 2.38. The van der Waals surface area contributed by atoms with Gasteiger partial charge in [0.25, 0.3) is 0 Å². The molecule has 14 heteroatoms. The SMILES string of the molecule is COc1ccc(OC)c(CN(C(=O)Oc2c(OC)cccc2OC)c2ccnc(Nc3ccc(OCCCN4CCN(C)CC4)c(F)c3)n2)c1. The number of aromatic nitrogens is 2. The van der Waals surface area contributed by atoms with Crippen LogP contribution in [0, 0.1) is 5.82 Å². The van der Waals surface area contributed by atoms with Gasteiger partial charge in [-0.3, -0.25) is 4.90 Å². The normalized spacial score (nSPS) is 13.3. The van der Waals surface area contributed by atoms with Gasteiger partial charge in [0, 0.05) is 56.2 Å². The number of halogens is 1. The van der Waals surface area contributed by atoms with E-state index < -0.39 is 11.9 Å². The maximum absolute atomic E-state index is 15.1. The molecular formula is C36H43FN6O7. The van der Waals surface area contributed by atoms with Gasteiger partial charge in [-0.1, -0.05) is 6.07 Å². The lowest BCUT2D eigenvalue weighted by molar-refractivity contribution is 0.145. The van der Waals surface area contributed by atoms with Gasteiger partial charge in [-0.05, 0) is 62.0 Å². The summed E-state index contributed by atoms with van der Waals surface area (Å²) in [7, 11) is 8.13. The Morgan fingerprint density at radius 2 is 1.60 bits per heavy atom. The number of carbonyl (C=O) groups is 1. The van der Waals surface area contributed by atoms with Crippen molar-refractivity contribution in [3.8, 4) is 34.5 Å². The van der Waals surface area contributed by atoms with Gasteiger partial charge in [-0.15, -0.1) is 0 Å². The zero-order chi connectivity index (χ0) is 35.5. The van der Waals surface area contributed by atoms with Crippen LogP contribution in [0.4, 0.5) is 26.6 Å². The highest BCUT2D eigenvalue weighted by Gasteiger charge is 2.26. The predicted molar refractivity (Wildman–Crippen MR) is 187 cm³/mol. The third-order valence-electron chi connectivity index (χ3n) is 8.19. The van der Waals surface area contributed by atoms with Crippen molar-refractivity contribution in [1.29, 1.82) is 0 Å². The Labute approximate surface area is 291 Å². The Morgan fingerprint density at radius 1 is 0.880 bits per heavy atom. The van der Waals surface area contributed by atoms with Crippen LogP contribution in [0.2, 0.25) is 0 Å². The molecule has 1 N–H and O–H groups in total. The molecule has 0 bridgehead atoms. The van der Waals surface area contributed by atoms with Crippen LogP contribution in [0.5, 0.6) is 34.5 Å². The van der Waals surface area contributed by atoms with E-state index >= 15 is 4.39 Å². The minimum absolute atomic E-state index is 0.0252. The molecule has 0 atom stereocenters. The largest absolute Gasteiger partial charge is 0.497 e. The van der Waals surface area contributed by atoms with Crippen LogP contribution in [0.25, 0.3) is 0 Å². The molecular weight excluding hydrogens is 647 g/mol. The van der Waals surface area contributed by atoms with Crippen LogP contribution in [0.15, 0.2) is 66.9 Å². The fourth-order valence-corrected chi connectivity index (χ4v) is 5.40. The van der Waals surface area contributed by atoms with Crippen LogP contribution in [0.1, 0.15) is 12.0 Å². The monoisotopic (exact) mass is 690 g/mol. The Morgan fingerprint density at radius 3 is 2.28 bits per heavy atom. The Balaban J connectivity index is 1.34. The third-order valence-corrected chi connectivity index (χ3v) is 8.19. The minimum Gasteiger partial charge on any atom is -0.497 e. The Kier molecular flexibility index (Phi) is 12.5. The van der Waals surface area contributed by atoms with E-state index in [2.05, 4.69) is 32.1 Å². The molecule has 4 aromatic rings. The van der Waals surface area contributed by atoms with Crippen LogP contribution < -0.4 is 38.6 Å². The lowest BCUT2D eigenvalue weighted by Crippen LogP contribution is -2.44. The summed E-state index contributed by atoms with van der Waals surface area (Å²) in [4.78, 5) is 28.8. The van der Waals surface area contributed by atoms with Crippen LogP contribution in [0.3, 0.4) is 0 Å². The Bertz CT molecular complexity index is 1720. The van der Waals surface area contributed by atoms with Crippen molar-refractivity contribution >= 4 is 23.5 Å². The molecule has 13 nitrogen and oxygen atoms in total. The molecule has 266 valence electrons. The van der Waals surface area contributed by atoms with Crippen molar-refractivity contribution in [1.82, 2.24) is 19.8 Å². The predicted octanol–water partition coefficient (Wildman–Crippen LogP) is 5.62. The fraction of sp³-hybridized carbons (Fsp3) is 0.361. The van der Waals surface area contributed by atoms with E-state index in [1.165, 1.54) is 38.5 Å². The molecule has 1 aliphatic heterocycles. The fourth-order valence-electron chi connectivity index (χ4n) is 5.40. The molecule has 1 amide bonds. The molecule has 0 radical (unpaired) electrons. The summed E-state index contributed by atoms with van der Waals surface area (Å²) in [6, 6.07) is 16.4. The average molecular weight is 691 g/mol. The Hall–Kier alpha value is -5.34. The molecule has 1 aliphatic rings. The number of amides is 1. The van der Waals surface area contributed by atoms with Crippen molar-refractivity contribution < 1.29 is 37.6 Å². The number of hydrogen-bond acceptors (Lipinski definition) is 12. The molecule has 0 spiro atoms. The van der Waals surface area contributed by atoms with E-state index in [4.69, 9.17) is 28.4 Å². The second-order valence-corrected chi connectivity index (χ2v) is 11.5. The van der Waals surface area contributed by atoms with Gasteiger partial charge in [0.15, 0.2) is 23.1 Å². The molecule has 0 saturated carbocycles. The summed E-state index contributed by atoms with van der Waals surface area (Å²) in [6.07, 6.45) is 1.49. The summed E-state index contributed by atoms with van der Waals surface area (Å²) in [6.45, 7) is 5.44. The molecule has 2 heterocycles. The third kappa shape index (κ3) is 9.21. The van der Waals surface area contributed by atoms with Crippen molar-refractivity contribution in [2.45, 2.75) is 13.0 Å². The van der Waals surface area contributed by atoms with Crippen LogP contribution >= 0.6 is 0 Å². The number of nitrogens with zero attached hydrogens (tertiary/aromatic N) is 5. The number of piperazine rings is 1. The number of rotatable bonds is 15. The van der Waals surface area contributed by atoms with Crippen molar-refractivity contribution in [2.75, 3.05) is 85.0 Å². The molecule has 1 saturated heterocycles. The van der Waals surface area contributed by atoms with Gasteiger partial charge in [-0.2, -0.15) is 4.98 Å². The zero-order valence-electron chi connectivity index (χ0n) is 29.0. The van der Waals surface area contributed by atoms with E-state index in [9.17, 15) is 4.79 Å². The number of benzene rings is 3. The first-order chi connectivity index (χ1) is 24.3. The van der Waals surface area contributed by atoms with Gasteiger partial charge in [0.05, 0.1) is 41.6 Å². The maximum atomic E-state index is 15.1. The number of carbonyl (C=O) groups excluding carboxylic acids is 1. The molecule has 0 aliphatic carbocycles. The van der Waals surface area contributed by atoms with E-state index in [-0.39, 0.29) is 29.8 Å². The lowest BCUT2D eigenvalue weighted by Gasteiger charge is -2.32. The molecule has 3 aromatic carbocycles. The molecule has 0 unspecified atom stereocenters. The summed E-state index contributed by atoms with van der Waals surface area (Å²) in [5, 5.41) is 3.02. The van der Waals surface area contributed by atoms with Crippen molar-refractivity contribution in [3.05, 3.63) is 78.2 Å². The van der Waals surface area contributed by atoms with E-state index in [0.717, 1.165) is 39.1 Å². The summed E-state index contributed by atoms with van der Waals surface area (Å²) in [5.74, 6) is 1.72. The van der Waals surface area contributed by atoms with E-state index in [1.807, 2.05) is 0 Å². The number of likely N-dealkylation sites (N-methyl/N-ethyl adjacent to an activating group) is 1. The van der Waals surface area contributed by atoms with Crippen molar-refractivity contribution in [2.24, 2.45) is 0 Å². The smallest absolute Gasteiger partial charge is 0.421 e. The summed E-state index contributed by atoms with van der Waals surface area (Å²) >= 11 is 0. The molecule has 1 fully saturated rings. The minimum atomic E-state index is -0.789. The number of para-hydroxylation sites is 1. The highest BCUT2D eigenvalue weighted by atomic mass is 19.1. The maximum Gasteiger partial charge on any atom is 0.421 e. The highest BCUT2D eigenvalue weighted by molar-refractivity contribution is 5.89. The van der Waals surface area contributed by atoms with Crippen LogP contribution in [-0.2, 0) is 6.54 Å². The van der Waals surface area contributed by atoms with Crippen molar-refractivity contribution in [3.63, 3.8) is 0 Å². The number of hydrogen-bond donors (Lipinski definition) is 1. The molecule has 1 aromatic heterocycles. The van der Waals surface area contributed by atoms with Gasteiger partial charge in [0.1, 0.15) is 17.3 Å². The van der Waals surface area contributed by atoms with Gasteiger partial charge < -0.3 is 43.5 Å². The van der Waals surface area contributed by atoms with Gasteiger partial charge >= 0.3 is 6.09 Å². The number of methoxy groups -OCH3 is 4. The molecule has 50 heavy (non-hydrogen) atoms. The zero-order valence-corrected chi connectivity index (χ0v) is 29.0. The summed E-state index contributed by atoms with van der Waals surface area (Å²) in [5.41, 5.74) is 1.01. The number of nitrogens with one attached hydrogen (secondary N) is 1. The van der Waals surface area contributed by atoms with E-state index in [1.54, 1.807) is 61.7 Å². The first kappa shape index (κ1) is 36.0. The summed E-state index contributed by atoms with van der Waals surface area (Å²) < 4.78 is 48.5. The second-order valence-electron chi connectivity index (χ2n) is 11.5. The average Bonchev–Trinajstić information content (AvgIpc) is 3.13. The quantitative estimate of drug-likeness (QED) is 0.156. The van der Waals surface area contributed by atoms with Gasteiger partial charge in [-0.25, -0.2) is 14.2 Å². The number of anilines is 3. The van der Waals surface area contributed by atoms with E-state index in [0.29, 0.717) is 40.9 Å². The second kappa shape index (κ2) is 17.4. The lowest BCUT2D eigenvalue weighted by atomic mass is 10.1.